The zero-order valence-corrected chi connectivity index (χ0v) is 9.54. The van der Waals surface area contributed by atoms with Crippen LogP contribution in [0.1, 0.15) is 0 Å². The van der Waals surface area contributed by atoms with Crippen molar-refractivity contribution in [2.45, 2.75) is 4.90 Å². The molecule has 0 saturated heterocycles. The monoisotopic (exact) mass is 316 g/mol. The summed E-state index contributed by atoms with van der Waals surface area (Å²) in [7, 11) is 0. The zero-order chi connectivity index (χ0) is 9.30. The van der Waals surface area contributed by atoms with Crippen molar-refractivity contribution in [3.63, 3.8) is 0 Å². The van der Waals surface area contributed by atoms with E-state index in [1.807, 2.05) is 0 Å². The minimum Gasteiger partial charge on any atom is -0.302 e. The second-order valence-corrected chi connectivity index (χ2v) is 4.56. The Morgan fingerprint density at radius 3 is 2.08 bits per heavy atom. The molecule has 0 saturated carbocycles. The van der Waals surface area contributed by atoms with Crippen LogP contribution in [0.3, 0.4) is 0 Å². The highest BCUT2D eigenvalue weighted by molar-refractivity contribution is 9.11. The lowest BCUT2D eigenvalue weighted by molar-refractivity contribution is 0.562. The van der Waals surface area contributed by atoms with Crippen molar-refractivity contribution in [1.82, 2.24) is 0 Å². The number of benzene rings is 1. The molecule has 0 aliphatic heterocycles. The average molecular weight is 318 g/mol. The summed E-state index contributed by atoms with van der Waals surface area (Å²) < 4.78 is 32.6. The van der Waals surface area contributed by atoms with E-state index in [1.165, 1.54) is 0 Å². The summed E-state index contributed by atoms with van der Waals surface area (Å²) in [6.45, 7) is 0. The molecule has 0 aliphatic carbocycles. The van der Waals surface area contributed by atoms with E-state index in [9.17, 15) is 8.60 Å². The summed E-state index contributed by atoms with van der Waals surface area (Å²) in [6.07, 6.45) is 0. The van der Waals surface area contributed by atoms with Gasteiger partial charge in [0.05, 0.1) is 4.90 Å². The predicted octanol–water partition coefficient (Wildman–Crippen LogP) is 2.93. The van der Waals surface area contributed by atoms with E-state index in [0.717, 1.165) is 12.1 Å². The van der Waals surface area contributed by atoms with Crippen molar-refractivity contribution in [3.05, 3.63) is 26.9 Å². The van der Waals surface area contributed by atoms with Gasteiger partial charge >= 0.3 is 0 Å². The molecule has 0 radical (unpaired) electrons. The maximum Gasteiger partial charge on any atom is 0.188 e. The van der Waals surface area contributed by atoms with Gasteiger partial charge in [-0.3, -0.25) is 0 Å². The van der Waals surface area contributed by atoms with Crippen LogP contribution in [-0.4, -0.2) is 8.76 Å². The van der Waals surface area contributed by atoms with Gasteiger partial charge in [-0.25, -0.2) is 8.60 Å². The molecule has 6 heteroatoms. The van der Waals surface area contributed by atoms with E-state index in [4.69, 9.17) is 4.55 Å². The Morgan fingerprint density at radius 2 is 1.75 bits per heavy atom. The fraction of sp³-hybridized carbons (Fsp3) is 0. The summed E-state index contributed by atoms with van der Waals surface area (Å²) in [4.78, 5) is 0.136. The molecular weight excluding hydrogens is 315 g/mol. The van der Waals surface area contributed by atoms with Gasteiger partial charge in [0.2, 0.25) is 0 Å². The average Bonchev–Trinajstić information content (AvgIpc) is 1.82. The van der Waals surface area contributed by atoms with Gasteiger partial charge in [0.25, 0.3) is 0 Å². The predicted molar refractivity (Wildman–Crippen MR) is 50.8 cm³/mol. The summed E-state index contributed by atoms with van der Waals surface area (Å²) in [5, 5.41) is 0. The van der Waals surface area contributed by atoms with E-state index in [-0.39, 0.29) is 13.8 Å². The van der Waals surface area contributed by atoms with Crippen molar-refractivity contribution in [2.24, 2.45) is 0 Å². The van der Waals surface area contributed by atoms with E-state index in [0.29, 0.717) is 0 Å². The topological polar surface area (TPSA) is 37.3 Å². The van der Waals surface area contributed by atoms with Crippen LogP contribution in [0.5, 0.6) is 0 Å². The van der Waals surface area contributed by atoms with Gasteiger partial charge in [-0.05, 0) is 44.0 Å². The van der Waals surface area contributed by atoms with Crippen LogP contribution in [0.15, 0.2) is 26.0 Å². The Kier molecular flexibility index (Phi) is 3.39. The summed E-state index contributed by atoms with van der Waals surface area (Å²) >= 11 is 3.83. The molecule has 2 nitrogen and oxygen atoms in total. The highest BCUT2D eigenvalue weighted by Crippen LogP contribution is 2.28. The van der Waals surface area contributed by atoms with E-state index in [2.05, 4.69) is 31.9 Å². The molecule has 0 spiro atoms. The number of rotatable bonds is 1. The SMILES string of the molecule is O=S(O)c1c(Br)cc(F)cc1Br. The summed E-state index contributed by atoms with van der Waals surface area (Å²) in [5.41, 5.74) is 0. The van der Waals surface area contributed by atoms with Crippen LogP contribution in [0, 0.1) is 5.82 Å². The van der Waals surface area contributed by atoms with Gasteiger partial charge in [0, 0.05) is 8.95 Å². The van der Waals surface area contributed by atoms with Crippen molar-refractivity contribution in [3.8, 4) is 0 Å². The maximum absolute atomic E-state index is 12.6. The lowest BCUT2D eigenvalue weighted by atomic mass is 10.3. The van der Waals surface area contributed by atoms with E-state index < -0.39 is 16.9 Å². The first-order valence-electron chi connectivity index (χ1n) is 2.78. The van der Waals surface area contributed by atoms with Crippen molar-refractivity contribution < 1.29 is 13.2 Å². The minimum atomic E-state index is -2.12. The van der Waals surface area contributed by atoms with Crippen molar-refractivity contribution in [1.29, 1.82) is 0 Å². The molecule has 1 rings (SSSR count). The molecule has 12 heavy (non-hydrogen) atoms. The molecule has 66 valence electrons. The first kappa shape index (κ1) is 10.3. The molecule has 0 amide bonds. The summed E-state index contributed by atoms with van der Waals surface area (Å²) in [5.74, 6) is -0.469. The lowest BCUT2D eigenvalue weighted by Gasteiger charge is -2.01. The van der Waals surface area contributed by atoms with Gasteiger partial charge in [-0.1, -0.05) is 0 Å². The fourth-order valence-corrected chi connectivity index (χ4v) is 3.11. The standard InChI is InChI=1S/C6H3Br2FO2S/c7-4-1-3(9)2-5(8)6(4)12(10)11/h1-2H,(H,10,11). The molecule has 0 heterocycles. The first-order chi connectivity index (χ1) is 5.52. The van der Waals surface area contributed by atoms with Gasteiger partial charge in [0.1, 0.15) is 5.82 Å². The lowest BCUT2D eigenvalue weighted by Crippen LogP contribution is -1.92. The third kappa shape index (κ3) is 2.12. The molecule has 0 fully saturated rings. The number of hydrogen-bond donors (Lipinski definition) is 1. The third-order valence-corrected chi connectivity index (χ3v) is 3.70. The Labute approximate surface area is 87.7 Å². The van der Waals surface area contributed by atoms with E-state index >= 15 is 0 Å². The van der Waals surface area contributed by atoms with Crippen LogP contribution in [-0.2, 0) is 11.1 Å². The second-order valence-electron chi connectivity index (χ2n) is 1.95. The fourth-order valence-electron chi connectivity index (χ4n) is 0.696. The zero-order valence-electron chi connectivity index (χ0n) is 5.55. The van der Waals surface area contributed by atoms with Crippen LogP contribution >= 0.6 is 31.9 Å². The number of hydrogen-bond acceptors (Lipinski definition) is 1. The molecule has 0 aliphatic rings. The highest BCUT2D eigenvalue weighted by atomic mass is 79.9. The van der Waals surface area contributed by atoms with Crippen LogP contribution in [0.25, 0.3) is 0 Å². The van der Waals surface area contributed by atoms with Crippen LogP contribution < -0.4 is 0 Å². The third-order valence-electron chi connectivity index (χ3n) is 1.14. The van der Waals surface area contributed by atoms with Gasteiger partial charge in [-0.2, -0.15) is 0 Å². The van der Waals surface area contributed by atoms with Gasteiger partial charge in [-0.15, -0.1) is 0 Å². The largest absolute Gasteiger partial charge is 0.302 e. The van der Waals surface area contributed by atoms with Crippen molar-refractivity contribution >= 4 is 42.9 Å². The van der Waals surface area contributed by atoms with Crippen LogP contribution in [0.2, 0.25) is 0 Å². The van der Waals surface area contributed by atoms with E-state index in [1.54, 1.807) is 0 Å². The summed E-state index contributed by atoms with van der Waals surface area (Å²) in [6, 6.07) is 2.27. The highest BCUT2D eigenvalue weighted by Gasteiger charge is 2.12. The minimum absolute atomic E-state index is 0.136. The Morgan fingerprint density at radius 1 is 1.33 bits per heavy atom. The quantitative estimate of drug-likeness (QED) is 0.809. The van der Waals surface area contributed by atoms with Crippen LogP contribution in [0.4, 0.5) is 4.39 Å². The molecule has 0 bridgehead atoms. The Bertz CT molecular complexity index is 319. The molecule has 1 aromatic rings. The molecule has 1 unspecified atom stereocenters. The molecule has 1 N–H and O–H groups in total. The smallest absolute Gasteiger partial charge is 0.188 e. The molecular formula is C6H3Br2FO2S. The normalized spacial score (nSPS) is 13.0. The maximum atomic E-state index is 12.6. The van der Waals surface area contributed by atoms with Crippen molar-refractivity contribution in [2.75, 3.05) is 0 Å². The second kappa shape index (κ2) is 3.95. The van der Waals surface area contributed by atoms with Gasteiger partial charge in [0.15, 0.2) is 11.1 Å². The Hall–Kier alpha value is 0.220. The molecule has 1 aromatic carbocycles. The molecule has 1 atom stereocenters. The number of halogens is 3. The molecule has 0 aromatic heterocycles. The Balaban J connectivity index is 3.38. The first-order valence-corrected chi connectivity index (χ1v) is 5.47. The van der Waals surface area contributed by atoms with Gasteiger partial charge < -0.3 is 4.55 Å².